The summed E-state index contributed by atoms with van der Waals surface area (Å²) in [6.45, 7) is 4.36. The van der Waals surface area contributed by atoms with Crippen molar-refractivity contribution in [3.63, 3.8) is 0 Å². The maximum Gasteiger partial charge on any atom is 0.104 e. The lowest BCUT2D eigenvalue weighted by atomic mass is 9.69. The van der Waals surface area contributed by atoms with Crippen molar-refractivity contribution in [3.8, 4) is 0 Å². The average Bonchev–Trinajstić information content (AvgIpc) is 2.80. The van der Waals surface area contributed by atoms with Crippen LogP contribution in [-0.4, -0.2) is 21.6 Å². The molecule has 2 aromatic rings. The minimum absolute atomic E-state index is 0.0796. The summed E-state index contributed by atoms with van der Waals surface area (Å²) < 4.78 is 0. The first-order chi connectivity index (χ1) is 8.55. The van der Waals surface area contributed by atoms with Crippen LogP contribution in [0.5, 0.6) is 0 Å². The van der Waals surface area contributed by atoms with Crippen molar-refractivity contribution in [2.45, 2.75) is 25.9 Å². The first-order valence-corrected chi connectivity index (χ1v) is 7.57. The topological polar surface area (TPSA) is 36.0 Å². The summed E-state index contributed by atoms with van der Waals surface area (Å²) in [5.41, 5.74) is 1.35. The Balaban J connectivity index is 2.20. The second-order valence-electron chi connectivity index (χ2n) is 5.79. The van der Waals surface area contributed by atoms with Gasteiger partial charge in [0.25, 0.3) is 0 Å². The van der Waals surface area contributed by atoms with Crippen molar-refractivity contribution in [1.82, 2.24) is 4.98 Å². The summed E-state index contributed by atoms with van der Waals surface area (Å²) in [4.78, 5) is 3.23. The summed E-state index contributed by atoms with van der Waals surface area (Å²) in [5, 5.41) is 12.4. The fourth-order valence-corrected chi connectivity index (χ4v) is 4.48. The molecule has 2 heterocycles. The average molecular weight is 261 g/mol. The van der Waals surface area contributed by atoms with Crippen molar-refractivity contribution in [2.75, 3.05) is 11.5 Å². The quantitative estimate of drug-likeness (QED) is 0.824. The predicted molar refractivity (Wildman–Crippen MR) is 77.9 cm³/mol. The Kier molecular flexibility index (Phi) is 2.72. The van der Waals surface area contributed by atoms with Crippen LogP contribution in [0.15, 0.2) is 30.5 Å². The van der Waals surface area contributed by atoms with Crippen LogP contribution < -0.4 is 0 Å². The van der Waals surface area contributed by atoms with Crippen LogP contribution in [0, 0.1) is 5.41 Å². The lowest BCUT2D eigenvalue weighted by Crippen LogP contribution is -2.47. The van der Waals surface area contributed by atoms with E-state index in [1.54, 1.807) is 0 Å². The smallest absolute Gasteiger partial charge is 0.104 e. The monoisotopic (exact) mass is 261 g/mol. The maximum absolute atomic E-state index is 11.3. The molecule has 1 saturated heterocycles. The molecule has 18 heavy (non-hydrogen) atoms. The molecule has 1 unspecified atom stereocenters. The SMILES string of the molecule is CC1(C)CCSCC1(O)c1cccc2[nH]ccc12. The molecule has 0 amide bonds. The number of aromatic amines is 1. The third-order valence-electron chi connectivity index (χ3n) is 4.34. The van der Waals surface area contributed by atoms with Gasteiger partial charge in [-0.3, -0.25) is 0 Å². The van der Waals surface area contributed by atoms with E-state index in [0.717, 1.165) is 34.4 Å². The second kappa shape index (κ2) is 4.04. The fraction of sp³-hybridized carbons (Fsp3) is 0.467. The van der Waals surface area contributed by atoms with Gasteiger partial charge in [0.1, 0.15) is 5.60 Å². The molecule has 3 rings (SSSR count). The molecule has 0 saturated carbocycles. The number of nitrogens with one attached hydrogen (secondary N) is 1. The standard InChI is InChI=1S/C15H19NOS/c1-14(2)7-9-18-10-15(14,17)12-4-3-5-13-11(12)6-8-16-13/h3-6,8,16-17H,7,9-10H2,1-2H3. The lowest BCUT2D eigenvalue weighted by molar-refractivity contribution is -0.0566. The van der Waals surface area contributed by atoms with E-state index in [2.05, 4.69) is 37.0 Å². The largest absolute Gasteiger partial charge is 0.384 e. The van der Waals surface area contributed by atoms with Gasteiger partial charge in [0.15, 0.2) is 0 Å². The molecule has 96 valence electrons. The number of rotatable bonds is 1. The Morgan fingerprint density at radius 1 is 1.28 bits per heavy atom. The Labute approximate surface area is 112 Å². The van der Waals surface area contributed by atoms with Crippen LogP contribution in [0.1, 0.15) is 25.8 Å². The Hall–Kier alpha value is -0.930. The highest BCUT2D eigenvalue weighted by molar-refractivity contribution is 7.99. The van der Waals surface area contributed by atoms with Gasteiger partial charge < -0.3 is 10.1 Å². The summed E-state index contributed by atoms with van der Waals surface area (Å²) in [6.07, 6.45) is 3.00. The molecule has 1 aliphatic heterocycles. The van der Waals surface area contributed by atoms with Crippen molar-refractivity contribution >= 4 is 22.7 Å². The van der Waals surface area contributed by atoms with Crippen molar-refractivity contribution in [2.24, 2.45) is 5.41 Å². The summed E-state index contributed by atoms with van der Waals surface area (Å²) >= 11 is 1.85. The van der Waals surface area contributed by atoms with Crippen molar-refractivity contribution in [1.29, 1.82) is 0 Å². The zero-order chi connectivity index (χ0) is 12.8. The highest BCUT2D eigenvalue weighted by Gasteiger charge is 2.47. The molecule has 3 heteroatoms. The Bertz CT molecular complexity index is 575. The maximum atomic E-state index is 11.3. The van der Waals surface area contributed by atoms with Gasteiger partial charge in [0.05, 0.1) is 0 Å². The molecule has 1 atom stereocenters. The molecule has 1 aromatic carbocycles. The van der Waals surface area contributed by atoms with E-state index < -0.39 is 5.60 Å². The van der Waals surface area contributed by atoms with Crippen LogP contribution in [0.4, 0.5) is 0 Å². The molecule has 2 N–H and O–H groups in total. The molecular formula is C15H19NOS. The van der Waals surface area contributed by atoms with Gasteiger partial charge >= 0.3 is 0 Å². The number of benzene rings is 1. The number of fused-ring (bicyclic) bond motifs is 1. The van der Waals surface area contributed by atoms with E-state index in [-0.39, 0.29) is 5.41 Å². The molecule has 1 fully saturated rings. The van der Waals surface area contributed by atoms with Crippen molar-refractivity contribution < 1.29 is 5.11 Å². The van der Waals surface area contributed by atoms with Gasteiger partial charge in [-0.25, -0.2) is 0 Å². The Morgan fingerprint density at radius 2 is 2.11 bits per heavy atom. The van der Waals surface area contributed by atoms with E-state index >= 15 is 0 Å². The molecule has 0 aliphatic carbocycles. The van der Waals surface area contributed by atoms with E-state index in [4.69, 9.17) is 0 Å². The summed E-state index contributed by atoms with van der Waals surface area (Å²) in [7, 11) is 0. The summed E-state index contributed by atoms with van der Waals surface area (Å²) in [6, 6.07) is 8.23. The van der Waals surface area contributed by atoms with Crippen LogP contribution >= 0.6 is 11.8 Å². The van der Waals surface area contributed by atoms with Gasteiger partial charge in [0.2, 0.25) is 0 Å². The third kappa shape index (κ3) is 1.61. The zero-order valence-corrected chi connectivity index (χ0v) is 11.7. The molecule has 0 radical (unpaired) electrons. The van der Waals surface area contributed by atoms with Gasteiger partial charge in [-0.15, -0.1) is 0 Å². The predicted octanol–water partition coefficient (Wildman–Crippen LogP) is 3.52. The highest BCUT2D eigenvalue weighted by Crippen LogP contribution is 2.49. The molecule has 1 aliphatic rings. The van der Waals surface area contributed by atoms with Crippen LogP contribution in [0.25, 0.3) is 10.9 Å². The Morgan fingerprint density at radius 3 is 2.89 bits per heavy atom. The van der Waals surface area contributed by atoms with Crippen LogP contribution in [0.2, 0.25) is 0 Å². The van der Waals surface area contributed by atoms with Gasteiger partial charge in [-0.05, 0) is 35.3 Å². The van der Waals surface area contributed by atoms with E-state index in [9.17, 15) is 5.11 Å². The number of H-pyrrole nitrogens is 1. The first-order valence-electron chi connectivity index (χ1n) is 6.41. The van der Waals surface area contributed by atoms with Gasteiger partial charge in [0, 0.05) is 22.9 Å². The zero-order valence-electron chi connectivity index (χ0n) is 10.9. The third-order valence-corrected chi connectivity index (χ3v) is 5.46. The molecule has 0 spiro atoms. The van der Waals surface area contributed by atoms with Crippen molar-refractivity contribution in [3.05, 3.63) is 36.0 Å². The molecule has 1 aromatic heterocycles. The summed E-state index contributed by atoms with van der Waals surface area (Å²) in [5.74, 6) is 1.92. The number of thioether (sulfide) groups is 1. The molecule has 2 nitrogen and oxygen atoms in total. The normalized spacial score (nSPS) is 27.5. The first kappa shape index (κ1) is 12.1. The number of hydrogen-bond donors (Lipinski definition) is 2. The number of aromatic nitrogens is 1. The second-order valence-corrected chi connectivity index (χ2v) is 6.90. The number of aliphatic hydroxyl groups is 1. The minimum atomic E-state index is -0.738. The van der Waals surface area contributed by atoms with Crippen LogP contribution in [0.3, 0.4) is 0 Å². The van der Waals surface area contributed by atoms with E-state index in [1.807, 2.05) is 24.0 Å². The fourth-order valence-electron chi connectivity index (χ4n) is 2.84. The van der Waals surface area contributed by atoms with Crippen LogP contribution in [-0.2, 0) is 5.60 Å². The minimum Gasteiger partial charge on any atom is -0.384 e. The molecule has 0 bridgehead atoms. The van der Waals surface area contributed by atoms with E-state index in [0.29, 0.717) is 0 Å². The lowest BCUT2D eigenvalue weighted by Gasteiger charge is -2.46. The van der Waals surface area contributed by atoms with E-state index in [1.165, 1.54) is 0 Å². The van der Waals surface area contributed by atoms with Gasteiger partial charge in [-0.1, -0.05) is 26.0 Å². The van der Waals surface area contributed by atoms with Gasteiger partial charge in [-0.2, -0.15) is 11.8 Å². The molecular weight excluding hydrogens is 242 g/mol. The highest BCUT2D eigenvalue weighted by atomic mass is 32.2. The number of hydrogen-bond acceptors (Lipinski definition) is 2.